The second kappa shape index (κ2) is 12.4. The third kappa shape index (κ3) is 7.09. The fourth-order valence-electron chi connectivity index (χ4n) is 4.94. The van der Waals surface area contributed by atoms with E-state index >= 15 is 0 Å². The molecule has 0 saturated carbocycles. The Morgan fingerprint density at radius 3 is 2.43 bits per heavy atom. The van der Waals surface area contributed by atoms with Gasteiger partial charge in [-0.25, -0.2) is 9.78 Å². The standard InChI is InChI=1S/C33H36N6O3/c1-33(2,3)42-32(41)38-20-8-11-28(22-38)39(30-21-25(18-19-34-30)13-12-24-9-6-5-7-10-24)31(40)27-16-14-26(15-17-27)29-23-37(4)36-35-29/h5-7,9-10,12-19,21,23,28H,8,11,20,22H2,1-4H3/b13-12+/t28-/m1/s1. The van der Waals surface area contributed by atoms with E-state index < -0.39 is 5.60 Å². The highest BCUT2D eigenvalue weighted by Gasteiger charge is 2.34. The lowest BCUT2D eigenvalue weighted by Gasteiger charge is -2.39. The Labute approximate surface area is 246 Å². The summed E-state index contributed by atoms with van der Waals surface area (Å²) in [6, 6.07) is 20.9. The molecule has 3 heterocycles. The topological polar surface area (TPSA) is 93.5 Å². The first kappa shape index (κ1) is 28.7. The van der Waals surface area contributed by atoms with Crippen LogP contribution in [0.15, 0.2) is 79.1 Å². The van der Waals surface area contributed by atoms with Crippen molar-refractivity contribution in [2.45, 2.75) is 45.3 Å². The van der Waals surface area contributed by atoms with Crippen LogP contribution in [0.1, 0.15) is 55.1 Å². The number of hydrogen-bond acceptors (Lipinski definition) is 6. The van der Waals surface area contributed by atoms with Crippen molar-refractivity contribution in [2.75, 3.05) is 18.0 Å². The monoisotopic (exact) mass is 564 g/mol. The molecule has 1 atom stereocenters. The van der Waals surface area contributed by atoms with Gasteiger partial charge in [-0.3, -0.25) is 14.4 Å². The van der Waals surface area contributed by atoms with Gasteiger partial charge < -0.3 is 9.64 Å². The second-order valence-corrected chi connectivity index (χ2v) is 11.4. The van der Waals surface area contributed by atoms with Gasteiger partial charge in [-0.1, -0.05) is 59.8 Å². The number of pyridine rings is 1. The zero-order valence-corrected chi connectivity index (χ0v) is 24.5. The number of carbonyl (C=O) groups is 2. The normalized spacial score (nSPS) is 15.5. The molecule has 42 heavy (non-hydrogen) atoms. The van der Waals surface area contributed by atoms with Gasteiger partial charge in [0.2, 0.25) is 0 Å². The molecule has 0 unspecified atom stereocenters. The molecule has 0 N–H and O–H groups in total. The summed E-state index contributed by atoms with van der Waals surface area (Å²) in [4.78, 5) is 35.2. The minimum atomic E-state index is -0.606. The summed E-state index contributed by atoms with van der Waals surface area (Å²) >= 11 is 0. The lowest BCUT2D eigenvalue weighted by atomic mass is 10.0. The summed E-state index contributed by atoms with van der Waals surface area (Å²) < 4.78 is 7.29. The molecule has 9 heteroatoms. The van der Waals surface area contributed by atoms with Crippen LogP contribution in [0.2, 0.25) is 0 Å². The molecule has 2 amide bonds. The van der Waals surface area contributed by atoms with Gasteiger partial charge in [-0.2, -0.15) is 0 Å². The van der Waals surface area contributed by atoms with Crippen molar-refractivity contribution < 1.29 is 14.3 Å². The average Bonchev–Trinajstić information content (AvgIpc) is 3.42. The lowest BCUT2D eigenvalue weighted by Crippen LogP contribution is -2.53. The SMILES string of the molecule is Cn1cc(-c2ccc(C(=O)N(c3cc(/C=C/c4ccccc4)ccn3)[C@@H]3CCCN(C(=O)OC(C)(C)C)C3)cc2)nn1. The first-order chi connectivity index (χ1) is 20.2. The Balaban J connectivity index is 1.46. The Morgan fingerprint density at radius 2 is 1.74 bits per heavy atom. The van der Waals surface area contributed by atoms with E-state index in [9.17, 15) is 9.59 Å². The Hall–Kier alpha value is -4.79. The highest BCUT2D eigenvalue weighted by atomic mass is 16.6. The van der Waals surface area contributed by atoms with Crippen molar-refractivity contribution in [1.82, 2.24) is 24.9 Å². The Kier molecular flexibility index (Phi) is 8.47. The molecule has 4 aromatic rings. The molecule has 1 fully saturated rings. The van der Waals surface area contributed by atoms with Gasteiger partial charge >= 0.3 is 6.09 Å². The van der Waals surface area contributed by atoms with Crippen LogP contribution in [0, 0.1) is 0 Å². The van der Waals surface area contributed by atoms with E-state index in [1.165, 1.54) is 0 Å². The molecule has 0 aliphatic carbocycles. The summed E-state index contributed by atoms with van der Waals surface area (Å²) in [5.74, 6) is 0.345. The van der Waals surface area contributed by atoms with Gasteiger partial charge in [0, 0.05) is 37.5 Å². The van der Waals surface area contributed by atoms with Gasteiger partial charge in [-0.05, 0) is 69.0 Å². The van der Waals surface area contributed by atoms with Gasteiger partial charge in [0.05, 0.1) is 12.2 Å². The predicted molar refractivity (Wildman–Crippen MR) is 164 cm³/mol. The summed E-state index contributed by atoms with van der Waals surface area (Å²) in [5, 5.41) is 8.17. The number of piperidine rings is 1. The predicted octanol–water partition coefficient (Wildman–Crippen LogP) is 6.09. The number of amides is 2. The Bertz CT molecular complexity index is 1560. The highest BCUT2D eigenvalue weighted by Crippen LogP contribution is 2.27. The summed E-state index contributed by atoms with van der Waals surface area (Å²) in [5.41, 5.74) is 3.50. The number of likely N-dealkylation sites (tertiary alicyclic amines) is 1. The molecule has 0 radical (unpaired) electrons. The van der Waals surface area contributed by atoms with Crippen molar-refractivity contribution in [1.29, 1.82) is 0 Å². The van der Waals surface area contributed by atoms with Crippen LogP contribution in [-0.4, -0.2) is 61.6 Å². The molecule has 0 spiro atoms. The third-order valence-electron chi connectivity index (χ3n) is 6.95. The van der Waals surface area contributed by atoms with E-state index in [-0.39, 0.29) is 18.0 Å². The zero-order valence-electron chi connectivity index (χ0n) is 24.5. The van der Waals surface area contributed by atoms with Crippen molar-refractivity contribution >= 4 is 30.0 Å². The molecule has 216 valence electrons. The van der Waals surface area contributed by atoms with E-state index in [0.717, 1.165) is 35.2 Å². The minimum Gasteiger partial charge on any atom is -0.444 e. The number of anilines is 1. The van der Waals surface area contributed by atoms with E-state index in [1.807, 2.05) is 101 Å². The number of carbonyl (C=O) groups excluding carboxylic acids is 2. The fourth-order valence-corrected chi connectivity index (χ4v) is 4.94. The van der Waals surface area contributed by atoms with Crippen molar-refractivity contribution in [2.24, 2.45) is 7.05 Å². The molecule has 1 saturated heterocycles. The second-order valence-electron chi connectivity index (χ2n) is 11.4. The summed E-state index contributed by atoms with van der Waals surface area (Å²) in [6.07, 6.45) is 8.68. The molecule has 0 bridgehead atoms. The molecule has 9 nitrogen and oxygen atoms in total. The van der Waals surface area contributed by atoms with Crippen LogP contribution in [-0.2, 0) is 11.8 Å². The zero-order chi connectivity index (χ0) is 29.7. The van der Waals surface area contributed by atoms with Crippen LogP contribution in [0.4, 0.5) is 10.6 Å². The van der Waals surface area contributed by atoms with Gasteiger partial charge in [0.15, 0.2) is 0 Å². The van der Waals surface area contributed by atoms with E-state index in [2.05, 4.69) is 15.3 Å². The van der Waals surface area contributed by atoms with Gasteiger partial charge in [0.25, 0.3) is 5.91 Å². The van der Waals surface area contributed by atoms with Crippen LogP contribution in [0.5, 0.6) is 0 Å². The molecule has 1 aliphatic rings. The number of benzene rings is 2. The number of ether oxygens (including phenoxy) is 1. The molecule has 2 aromatic carbocycles. The van der Waals surface area contributed by atoms with Crippen LogP contribution >= 0.6 is 0 Å². The fraction of sp³-hybridized carbons (Fsp3) is 0.303. The molecule has 2 aromatic heterocycles. The van der Waals surface area contributed by atoms with Gasteiger partial charge in [0.1, 0.15) is 17.1 Å². The van der Waals surface area contributed by atoms with Crippen LogP contribution < -0.4 is 4.90 Å². The molecular formula is C33H36N6O3. The van der Waals surface area contributed by atoms with Gasteiger partial charge in [-0.15, -0.1) is 5.10 Å². The summed E-state index contributed by atoms with van der Waals surface area (Å²) in [6.45, 7) is 6.49. The Morgan fingerprint density at radius 1 is 1.00 bits per heavy atom. The highest BCUT2D eigenvalue weighted by molar-refractivity contribution is 6.06. The minimum absolute atomic E-state index is 0.187. The van der Waals surface area contributed by atoms with Crippen LogP contribution in [0.25, 0.3) is 23.4 Å². The van der Waals surface area contributed by atoms with Crippen LogP contribution in [0.3, 0.4) is 0 Å². The average molecular weight is 565 g/mol. The van der Waals surface area contributed by atoms with Crippen molar-refractivity contribution in [3.05, 3.63) is 95.8 Å². The smallest absolute Gasteiger partial charge is 0.410 e. The van der Waals surface area contributed by atoms with E-state index in [1.54, 1.807) is 32.8 Å². The lowest BCUT2D eigenvalue weighted by molar-refractivity contribution is 0.0196. The number of hydrogen-bond donors (Lipinski definition) is 0. The molecule has 1 aliphatic heterocycles. The van der Waals surface area contributed by atoms with E-state index in [0.29, 0.717) is 24.5 Å². The molecule has 5 rings (SSSR count). The maximum Gasteiger partial charge on any atom is 0.410 e. The first-order valence-corrected chi connectivity index (χ1v) is 14.1. The largest absolute Gasteiger partial charge is 0.444 e. The number of rotatable bonds is 6. The third-order valence-corrected chi connectivity index (χ3v) is 6.95. The maximum absolute atomic E-state index is 14.2. The number of aryl methyl sites for hydroxylation is 1. The quantitative estimate of drug-likeness (QED) is 0.281. The number of aromatic nitrogens is 4. The number of nitrogens with zero attached hydrogens (tertiary/aromatic N) is 6. The first-order valence-electron chi connectivity index (χ1n) is 14.1. The maximum atomic E-state index is 14.2. The van der Waals surface area contributed by atoms with Crippen molar-refractivity contribution in [3.63, 3.8) is 0 Å². The van der Waals surface area contributed by atoms with Crippen molar-refractivity contribution in [3.8, 4) is 11.3 Å². The molecular weight excluding hydrogens is 528 g/mol. The van der Waals surface area contributed by atoms with E-state index in [4.69, 9.17) is 4.74 Å². The summed E-state index contributed by atoms with van der Waals surface area (Å²) in [7, 11) is 1.81.